The molecule has 0 aromatic rings. The zero-order chi connectivity index (χ0) is 14.5. The third kappa shape index (κ3) is 6.07. The van der Waals surface area contributed by atoms with Gasteiger partial charge in [-0.3, -0.25) is 9.79 Å². The predicted molar refractivity (Wildman–Crippen MR) is 96.1 cm³/mol. The van der Waals surface area contributed by atoms with Crippen LogP contribution in [0.4, 0.5) is 0 Å². The number of esters is 1. The molecule has 1 saturated heterocycles. The van der Waals surface area contributed by atoms with E-state index < -0.39 is 0 Å². The van der Waals surface area contributed by atoms with E-state index in [1.54, 1.807) is 7.05 Å². The average Bonchev–Trinajstić information content (AvgIpc) is 2.37. The molecule has 1 atom stereocenters. The van der Waals surface area contributed by atoms with Gasteiger partial charge in [-0.25, -0.2) is 0 Å². The van der Waals surface area contributed by atoms with Crippen molar-refractivity contribution in [2.75, 3.05) is 39.5 Å². The lowest BCUT2D eigenvalue weighted by atomic mass is 10.2. The van der Waals surface area contributed by atoms with Crippen molar-refractivity contribution in [2.24, 2.45) is 10.9 Å². The van der Waals surface area contributed by atoms with Crippen LogP contribution in [0.25, 0.3) is 0 Å². The molecule has 1 rings (SSSR count). The van der Waals surface area contributed by atoms with Gasteiger partial charge in [0, 0.05) is 37.2 Å². The summed E-state index contributed by atoms with van der Waals surface area (Å²) in [5.74, 6) is 1.59. The Morgan fingerprint density at radius 2 is 2.20 bits per heavy atom. The van der Waals surface area contributed by atoms with E-state index >= 15 is 0 Å². The number of hydrogen-bond donors (Lipinski definition) is 1. The lowest BCUT2D eigenvalue weighted by Gasteiger charge is -2.39. The van der Waals surface area contributed by atoms with E-state index in [0.717, 1.165) is 24.8 Å². The van der Waals surface area contributed by atoms with Crippen molar-refractivity contribution < 1.29 is 9.53 Å². The highest BCUT2D eigenvalue weighted by atomic mass is 127. The molecule has 0 aliphatic carbocycles. The summed E-state index contributed by atoms with van der Waals surface area (Å²) in [5.41, 5.74) is 0. The van der Waals surface area contributed by atoms with Crippen LogP contribution in [-0.2, 0) is 9.53 Å². The maximum Gasteiger partial charge on any atom is 0.310 e. The minimum absolute atomic E-state index is 0. The molecule has 5 nitrogen and oxygen atoms in total. The average molecular weight is 415 g/mol. The molecule has 118 valence electrons. The lowest BCUT2D eigenvalue weighted by Crippen LogP contribution is -2.51. The number of hydrogen-bond acceptors (Lipinski definition) is 4. The summed E-state index contributed by atoms with van der Waals surface area (Å²) < 4.78 is 4.96. The van der Waals surface area contributed by atoms with Crippen LogP contribution in [-0.4, -0.2) is 61.1 Å². The Morgan fingerprint density at radius 3 is 2.70 bits per heavy atom. The Labute approximate surface area is 143 Å². The highest BCUT2D eigenvalue weighted by molar-refractivity contribution is 14.0. The van der Waals surface area contributed by atoms with Gasteiger partial charge in [0.15, 0.2) is 5.96 Å². The van der Waals surface area contributed by atoms with Gasteiger partial charge in [-0.05, 0) is 13.8 Å². The fraction of sp³-hybridized carbons (Fsp3) is 0.846. The monoisotopic (exact) mass is 415 g/mol. The van der Waals surface area contributed by atoms with E-state index in [0.29, 0.717) is 6.54 Å². The first-order valence-corrected chi connectivity index (χ1v) is 7.55. The maximum absolute atomic E-state index is 11.4. The lowest BCUT2D eigenvalue weighted by molar-refractivity contribution is -0.144. The number of aliphatic imine (C=N–C) groups is 1. The Kier molecular flexibility index (Phi) is 8.88. The third-order valence-electron chi connectivity index (χ3n) is 3.11. The van der Waals surface area contributed by atoms with Crippen LogP contribution in [0.1, 0.15) is 20.8 Å². The SMILES string of the molecule is CN=C(NCC(C)C(=O)OC)N1CCSC(C)(C)C1.I. The topological polar surface area (TPSA) is 53.9 Å². The second-order valence-electron chi connectivity index (χ2n) is 5.38. The molecule has 1 N–H and O–H groups in total. The van der Waals surface area contributed by atoms with E-state index in [-0.39, 0.29) is 40.6 Å². The maximum atomic E-state index is 11.4. The van der Waals surface area contributed by atoms with Crippen LogP contribution < -0.4 is 5.32 Å². The van der Waals surface area contributed by atoms with Gasteiger partial charge in [0.05, 0.1) is 13.0 Å². The molecule has 0 spiro atoms. The molecular weight excluding hydrogens is 389 g/mol. The number of ether oxygens (including phenoxy) is 1. The molecule has 1 heterocycles. The Hall–Kier alpha value is -0.180. The molecule has 1 aliphatic rings. The first kappa shape index (κ1) is 19.8. The van der Waals surface area contributed by atoms with E-state index in [4.69, 9.17) is 4.74 Å². The van der Waals surface area contributed by atoms with Gasteiger partial charge in [0.25, 0.3) is 0 Å². The van der Waals surface area contributed by atoms with Crippen LogP contribution in [0.3, 0.4) is 0 Å². The summed E-state index contributed by atoms with van der Waals surface area (Å²) in [6, 6.07) is 0. The summed E-state index contributed by atoms with van der Waals surface area (Å²) in [4.78, 5) is 17.9. The predicted octanol–water partition coefficient (Wildman–Crippen LogP) is 1.82. The molecule has 0 aromatic heterocycles. The molecule has 1 unspecified atom stereocenters. The van der Waals surface area contributed by atoms with Gasteiger partial charge < -0.3 is 15.0 Å². The summed E-state index contributed by atoms with van der Waals surface area (Å²) in [7, 11) is 3.19. The van der Waals surface area contributed by atoms with Crippen molar-refractivity contribution >= 4 is 47.7 Å². The number of carbonyl (C=O) groups excluding carboxylic acids is 1. The second-order valence-corrected chi connectivity index (χ2v) is 7.18. The van der Waals surface area contributed by atoms with Crippen molar-refractivity contribution in [1.29, 1.82) is 0 Å². The van der Waals surface area contributed by atoms with Gasteiger partial charge in [0.1, 0.15) is 0 Å². The number of nitrogens with one attached hydrogen (secondary N) is 1. The third-order valence-corrected chi connectivity index (χ3v) is 4.40. The summed E-state index contributed by atoms with van der Waals surface area (Å²) in [6.45, 7) is 8.83. The van der Waals surface area contributed by atoms with Gasteiger partial charge in [-0.1, -0.05) is 6.92 Å². The van der Waals surface area contributed by atoms with E-state index in [1.807, 2.05) is 18.7 Å². The normalized spacial score (nSPS) is 19.9. The molecule has 0 saturated carbocycles. The molecule has 0 aromatic carbocycles. The number of carbonyl (C=O) groups is 1. The van der Waals surface area contributed by atoms with Gasteiger partial charge >= 0.3 is 5.97 Å². The highest BCUT2D eigenvalue weighted by Gasteiger charge is 2.28. The first-order chi connectivity index (χ1) is 8.89. The Bertz CT molecular complexity index is 351. The first-order valence-electron chi connectivity index (χ1n) is 6.57. The standard InChI is InChI=1S/C13H25N3O2S.HI/c1-10(11(17)18-5)8-15-12(14-4)16-6-7-19-13(2,3)9-16;/h10H,6-9H2,1-5H3,(H,14,15);1H. The van der Waals surface area contributed by atoms with Gasteiger partial charge in [-0.2, -0.15) is 11.8 Å². The van der Waals surface area contributed by atoms with Crippen LogP contribution in [0.2, 0.25) is 0 Å². The zero-order valence-corrected chi connectivity index (χ0v) is 16.1. The number of methoxy groups -OCH3 is 1. The number of guanidine groups is 1. The van der Waals surface area contributed by atoms with E-state index in [2.05, 4.69) is 29.1 Å². The van der Waals surface area contributed by atoms with Gasteiger partial charge in [-0.15, -0.1) is 24.0 Å². The van der Waals surface area contributed by atoms with E-state index in [9.17, 15) is 4.79 Å². The molecule has 1 aliphatic heterocycles. The number of nitrogens with zero attached hydrogens (tertiary/aromatic N) is 2. The molecular formula is C13H26IN3O2S. The minimum Gasteiger partial charge on any atom is -0.469 e. The van der Waals surface area contributed by atoms with Crippen LogP contribution >= 0.6 is 35.7 Å². The second kappa shape index (κ2) is 8.96. The summed E-state index contributed by atoms with van der Waals surface area (Å²) in [6.07, 6.45) is 0. The van der Waals surface area contributed by atoms with Crippen molar-refractivity contribution in [3.8, 4) is 0 Å². The highest BCUT2D eigenvalue weighted by Crippen LogP contribution is 2.29. The van der Waals surface area contributed by atoms with Crippen molar-refractivity contribution in [2.45, 2.75) is 25.5 Å². The molecule has 1 fully saturated rings. The van der Waals surface area contributed by atoms with E-state index in [1.165, 1.54) is 7.11 Å². The van der Waals surface area contributed by atoms with Crippen LogP contribution in [0.5, 0.6) is 0 Å². The molecule has 20 heavy (non-hydrogen) atoms. The quantitative estimate of drug-likeness (QED) is 0.330. The van der Waals surface area contributed by atoms with Crippen LogP contribution in [0.15, 0.2) is 4.99 Å². The Morgan fingerprint density at radius 1 is 1.55 bits per heavy atom. The van der Waals surface area contributed by atoms with Crippen molar-refractivity contribution in [3.05, 3.63) is 0 Å². The minimum atomic E-state index is -0.197. The molecule has 0 amide bonds. The van der Waals surface area contributed by atoms with Crippen LogP contribution in [0, 0.1) is 5.92 Å². The number of halogens is 1. The largest absolute Gasteiger partial charge is 0.469 e. The molecule has 0 bridgehead atoms. The smallest absolute Gasteiger partial charge is 0.310 e. The van der Waals surface area contributed by atoms with Crippen molar-refractivity contribution in [3.63, 3.8) is 0 Å². The number of rotatable bonds is 3. The van der Waals surface area contributed by atoms with Crippen molar-refractivity contribution in [1.82, 2.24) is 10.2 Å². The Balaban J connectivity index is 0.00000361. The van der Waals surface area contributed by atoms with Gasteiger partial charge in [0.2, 0.25) is 0 Å². The fourth-order valence-electron chi connectivity index (χ4n) is 2.06. The summed E-state index contributed by atoms with van der Waals surface area (Å²) >= 11 is 1.99. The molecule has 0 radical (unpaired) electrons. The molecule has 7 heteroatoms. The fourth-order valence-corrected chi connectivity index (χ4v) is 3.17. The number of thioether (sulfide) groups is 1. The summed E-state index contributed by atoms with van der Waals surface area (Å²) in [5, 5.41) is 3.26. The zero-order valence-electron chi connectivity index (χ0n) is 12.9.